The van der Waals surface area contributed by atoms with Gasteiger partial charge in [-0.25, -0.2) is 4.79 Å². The van der Waals surface area contributed by atoms with Gasteiger partial charge in [-0.2, -0.15) is 0 Å². The fourth-order valence-corrected chi connectivity index (χ4v) is 1.68. The van der Waals surface area contributed by atoms with E-state index in [2.05, 4.69) is 25.4 Å². The molecule has 1 atom stereocenters. The number of benzene rings is 1. The number of methoxy groups -OCH3 is 1. The molecule has 0 heterocycles. The third-order valence-electron chi connectivity index (χ3n) is 2.14. The van der Waals surface area contributed by atoms with Crippen LogP contribution in [0, 0.1) is 0 Å². The highest BCUT2D eigenvalue weighted by Crippen LogP contribution is 2.30. The summed E-state index contributed by atoms with van der Waals surface area (Å²) in [5.74, 6) is -1.41. The van der Waals surface area contributed by atoms with Crippen LogP contribution in [0.4, 0.5) is 13.2 Å². The molecule has 0 saturated carbocycles. The maximum Gasteiger partial charge on any atom is 0.573 e. The minimum absolute atomic E-state index is 0.0402. The molecule has 1 rings (SSSR count). The van der Waals surface area contributed by atoms with Crippen molar-refractivity contribution >= 4 is 21.9 Å². The zero-order valence-corrected chi connectivity index (χ0v) is 11.3. The highest BCUT2D eigenvalue weighted by Gasteiger charge is 2.32. The lowest BCUT2D eigenvalue weighted by Gasteiger charge is -2.15. The van der Waals surface area contributed by atoms with E-state index in [4.69, 9.17) is 0 Å². The van der Waals surface area contributed by atoms with Gasteiger partial charge in [0.05, 0.1) is 7.11 Å². The highest BCUT2D eigenvalue weighted by molar-refractivity contribution is 9.10. The van der Waals surface area contributed by atoms with Crippen molar-refractivity contribution in [3.8, 4) is 5.75 Å². The molecule has 1 aromatic carbocycles. The van der Waals surface area contributed by atoms with Crippen LogP contribution in [-0.4, -0.2) is 30.7 Å². The lowest BCUT2D eigenvalue weighted by atomic mass is 10.1. The average molecular weight is 343 g/mol. The normalized spacial score (nSPS) is 12.9. The van der Waals surface area contributed by atoms with Crippen LogP contribution >= 0.6 is 15.9 Å². The molecule has 0 amide bonds. The number of ether oxygens (including phenoxy) is 2. The van der Waals surface area contributed by atoms with Gasteiger partial charge in [-0.15, -0.1) is 13.2 Å². The molecule has 0 fully saturated rings. The Morgan fingerprint density at radius 1 is 1.47 bits per heavy atom. The molecular weight excluding hydrogens is 333 g/mol. The first-order valence-electron chi connectivity index (χ1n) is 5.03. The topological polar surface area (TPSA) is 55.8 Å². The number of rotatable bonds is 4. The fraction of sp³-hybridized carbons (Fsp3) is 0.364. The van der Waals surface area contributed by atoms with Gasteiger partial charge in [-0.1, -0.05) is 22.0 Å². The molecule has 0 bridgehead atoms. The Hall–Kier alpha value is -1.28. The molecule has 0 aliphatic carbocycles. The van der Waals surface area contributed by atoms with Crippen LogP contribution < -0.4 is 4.74 Å². The number of alkyl halides is 3. The molecule has 1 aromatic rings. The van der Waals surface area contributed by atoms with E-state index in [1.54, 1.807) is 0 Å². The SMILES string of the molecule is COC(=O)C(O)Cc1ccc(Br)cc1OC(F)(F)F. The maximum absolute atomic E-state index is 12.2. The molecule has 0 radical (unpaired) electrons. The Morgan fingerprint density at radius 2 is 2.11 bits per heavy atom. The molecule has 4 nitrogen and oxygen atoms in total. The first kappa shape index (κ1) is 15.8. The van der Waals surface area contributed by atoms with Gasteiger partial charge < -0.3 is 14.6 Å². The third kappa shape index (κ3) is 5.07. The van der Waals surface area contributed by atoms with Crippen molar-refractivity contribution in [2.45, 2.75) is 18.9 Å². The largest absolute Gasteiger partial charge is 0.573 e. The lowest BCUT2D eigenvalue weighted by Crippen LogP contribution is -2.25. The molecule has 1 N–H and O–H groups in total. The van der Waals surface area contributed by atoms with Gasteiger partial charge >= 0.3 is 12.3 Å². The number of carbonyl (C=O) groups is 1. The molecule has 0 aromatic heterocycles. The van der Waals surface area contributed by atoms with Crippen LogP contribution in [0.15, 0.2) is 22.7 Å². The number of hydrogen-bond donors (Lipinski definition) is 1. The van der Waals surface area contributed by atoms with E-state index in [1.807, 2.05) is 0 Å². The molecule has 0 saturated heterocycles. The Bertz CT molecular complexity index is 462. The van der Waals surface area contributed by atoms with Crippen LogP contribution in [0.5, 0.6) is 5.75 Å². The summed E-state index contributed by atoms with van der Waals surface area (Å²) in [7, 11) is 1.07. The second-order valence-electron chi connectivity index (χ2n) is 3.54. The Morgan fingerprint density at radius 3 is 2.63 bits per heavy atom. The second kappa shape index (κ2) is 6.25. The number of esters is 1. The van der Waals surface area contributed by atoms with Crippen LogP contribution in [0.2, 0.25) is 0 Å². The van der Waals surface area contributed by atoms with E-state index >= 15 is 0 Å². The molecule has 8 heteroatoms. The van der Waals surface area contributed by atoms with Crippen LogP contribution in [0.1, 0.15) is 5.56 Å². The number of aliphatic hydroxyl groups is 1. The predicted molar refractivity (Wildman–Crippen MR) is 62.6 cm³/mol. The van der Waals surface area contributed by atoms with Crippen molar-refractivity contribution in [1.82, 2.24) is 0 Å². The van der Waals surface area contributed by atoms with Gasteiger partial charge in [-0.05, 0) is 17.7 Å². The molecule has 106 valence electrons. The van der Waals surface area contributed by atoms with E-state index in [-0.39, 0.29) is 12.0 Å². The monoisotopic (exact) mass is 342 g/mol. The maximum atomic E-state index is 12.2. The van der Waals surface area contributed by atoms with E-state index in [1.165, 1.54) is 12.1 Å². The van der Waals surface area contributed by atoms with Crippen molar-refractivity contribution in [3.05, 3.63) is 28.2 Å². The molecule has 0 aliphatic heterocycles. The van der Waals surface area contributed by atoms with Crippen molar-refractivity contribution in [2.24, 2.45) is 0 Å². The zero-order chi connectivity index (χ0) is 14.6. The molecular formula is C11H10BrF3O4. The Kier molecular flexibility index (Phi) is 5.19. The van der Waals surface area contributed by atoms with Gasteiger partial charge in [0.2, 0.25) is 0 Å². The number of hydrogen-bond acceptors (Lipinski definition) is 4. The minimum Gasteiger partial charge on any atom is -0.467 e. The second-order valence-corrected chi connectivity index (χ2v) is 4.46. The summed E-state index contributed by atoms with van der Waals surface area (Å²) in [6, 6.07) is 3.90. The molecule has 19 heavy (non-hydrogen) atoms. The van der Waals surface area contributed by atoms with Crippen molar-refractivity contribution < 1.29 is 32.5 Å². The van der Waals surface area contributed by atoms with E-state index in [0.717, 1.165) is 13.2 Å². The minimum atomic E-state index is -4.86. The first-order chi connectivity index (χ1) is 8.73. The van der Waals surface area contributed by atoms with Crippen LogP contribution in [-0.2, 0) is 16.0 Å². The Balaban J connectivity index is 2.97. The van der Waals surface area contributed by atoms with Crippen molar-refractivity contribution in [2.75, 3.05) is 7.11 Å². The highest BCUT2D eigenvalue weighted by atomic mass is 79.9. The van der Waals surface area contributed by atoms with Crippen molar-refractivity contribution in [3.63, 3.8) is 0 Å². The van der Waals surface area contributed by atoms with Gasteiger partial charge in [0.15, 0.2) is 6.10 Å². The van der Waals surface area contributed by atoms with Gasteiger partial charge in [0.25, 0.3) is 0 Å². The molecule has 0 spiro atoms. The number of halogens is 4. The summed E-state index contributed by atoms with van der Waals surface area (Å²) in [6.07, 6.45) is -6.75. The van der Waals surface area contributed by atoms with Crippen LogP contribution in [0.3, 0.4) is 0 Å². The standard InChI is InChI=1S/C11H10BrF3O4/c1-18-10(17)8(16)4-6-2-3-7(12)5-9(6)19-11(13,14)15/h2-3,5,8,16H,4H2,1H3. The quantitative estimate of drug-likeness (QED) is 0.854. The van der Waals surface area contributed by atoms with E-state index < -0.39 is 24.2 Å². The summed E-state index contributed by atoms with van der Waals surface area (Å²) in [5, 5.41) is 9.44. The summed E-state index contributed by atoms with van der Waals surface area (Å²) in [6.45, 7) is 0. The van der Waals surface area contributed by atoms with Gasteiger partial charge in [0.1, 0.15) is 5.75 Å². The Labute approximate surface area is 115 Å². The predicted octanol–water partition coefficient (Wildman–Crippen LogP) is 2.42. The van der Waals surface area contributed by atoms with Gasteiger partial charge in [-0.3, -0.25) is 0 Å². The first-order valence-corrected chi connectivity index (χ1v) is 5.82. The van der Waals surface area contributed by atoms with E-state index in [0.29, 0.717) is 4.47 Å². The zero-order valence-electron chi connectivity index (χ0n) is 9.70. The summed E-state index contributed by atoms with van der Waals surface area (Å²) >= 11 is 3.01. The smallest absolute Gasteiger partial charge is 0.467 e. The summed E-state index contributed by atoms with van der Waals surface area (Å²) in [5.41, 5.74) is 0.0402. The van der Waals surface area contributed by atoms with Gasteiger partial charge in [0, 0.05) is 10.9 Å². The number of aliphatic hydroxyl groups excluding tert-OH is 1. The average Bonchev–Trinajstić information content (AvgIpc) is 2.29. The van der Waals surface area contributed by atoms with Crippen molar-refractivity contribution in [1.29, 1.82) is 0 Å². The fourth-order valence-electron chi connectivity index (χ4n) is 1.34. The number of carbonyl (C=O) groups excluding carboxylic acids is 1. The molecule has 0 aliphatic rings. The third-order valence-corrected chi connectivity index (χ3v) is 2.63. The summed E-state index contributed by atoms with van der Waals surface area (Å²) < 4.78 is 45.2. The van der Waals surface area contributed by atoms with E-state index in [9.17, 15) is 23.1 Å². The molecule has 1 unspecified atom stereocenters. The summed E-state index contributed by atoms with van der Waals surface area (Å²) in [4.78, 5) is 11.0. The lowest BCUT2D eigenvalue weighted by molar-refractivity contribution is -0.275. The van der Waals surface area contributed by atoms with Crippen LogP contribution in [0.25, 0.3) is 0 Å².